The fourth-order valence-electron chi connectivity index (χ4n) is 5.90. The summed E-state index contributed by atoms with van der Waals surface area (Å²) in [6, 6.07) is 14.6. The zero-order valence-electron chi connectivity index (χ0n) is 29.9. The van der Waals surface area contributed by atoms with Crippen LogP contribution in [0.1, 0.15) is 44.7 Å². The molecule has 12 nitrogen and oxygen atoms in total. The Labute approximate surface area is 313 Å². The van der Waals surface area contributed by atoms with Crippen LogP contribution in [-0.4, -0.2) is 77.5 Å². The number of halogens is 2. The van der Waals surface area contributed by atoms with Crippen LogP contribution in [0.4, 0.5) is 16.3 Å². The molecule has 1 aliphatic rings. The van der Waals surface area contributed by atoms with E-state index < -0.39 is 11.7 Å². The highest BCUT2D eigenvalue weighted by atomic mass is 35.5. The van der Waals surface area contributed by atoms with Crippen LogP contribution >= 0.6 is 23.2 Å². The standard InChI is InChI=1S/C38H44Cl2N6O6/c1-38(2,3)52-37(49)46(22-26-11-12-31(48)44-26)21-25-10-9-23(19-30(25)50-4)34-33(40)28(14-16-42-34)27-7-6-8-29(32(27)39)45-36-35(51-5)24(13-15-43-36)20-41-17-18-47/h6-10,13-16,19,26,41,47H,11-12,17-18,20-22H2,1-5H3,(H,43,45)(H,44,48)/t26-/m0/s1. The fourth-order valence-corrected chi connectivity index (χ4v) is 6.50. The van der Waals surface area contributed by atoms with E-state index in [0.29, 0.717) is 87.9 Å². The summed E-state index contributed by atoms with van der Waals surface area (Å²) in [5.41, 5.74) is 4.07. The Hall–Kier alpha value is -4.62. The summed E-state index contributed by atoms with van der Waals surface area (Å²) in [7, 11) is 3.14. The summed E-state index contributed by atoms with van der Waals surface area (Å²) in [6.07, 6.45) is 3.92. The first-order valence-electron chi connectivity index (χ1n) is 16.9. The van der Waals surface area contributed by atoms with Crippen molar-refractivity contribution in [3.63, 3.8) is 0 Å². The number of aliphatic hydroxyl groups excluding tert-OH is 1. The van der Waals surface area contributed by atoms with Gasteiger partial charge in [0.2, 0.25) is 5.91 Å². The molecule has 52 heavy (non-hydrogen) atoms. The lowest BCUT2D eigenvalue weighted by molar-refractivity contribution is -0.119. The van der Waals surface area contributed by atoms with E-state index in [2.05, 4.69) is 25.9 Å². The molecule has 4 N–H and O–H groups in total. The molecule has 2 amide bonds. The van der Waals surface area contributed by atoms with Crippen LogP contribution in [0.15, 0.2) is 60.9 Å². The molecule has 1 aliphatic heterocycles. The van der Waals surface area contributed by atoms with E-state index in [1.165, 1.54) is 0 Å². The quantitative estimate of drug-likeness (QED) is 0.0996. The van der Waals surface area contributed by atoms with Gasteiger partial charge in [0.15, 0.2) is 11.6 Å². The maximum atomic E-state index is 13.3. The Morgan fingerprint density at radius 2 is 1.79 bits per heavy atom. The van der Waals surface area contributed by atoms with E-state index in [-0.39, 0.29) is 25.1 Å². The third-order valence-corrected chi connectivity index (χ3v) is 9.11. The highest BCUT2D eigenvalue weighted by Crippen LogP contribution is 2.42. The molecule has 5 rings (SSSR count). The first-order valence-corrected chi connectivity index (χ1v) is 17.7. The molecule has 3 heterocycles. The van der Waals surface area contributed by atoms with Gasteiger partial charge < -0.3 is 40.2 Å². The summed E-state index contributed by atoms with van der Waals surface area (Å²) in [4.78, 5) is 35.8. The van der Waals surface area contributed by atoms with Gasteiger partial charge in [-0.25, -0.2) is 9.78 Å². The smallest absolute Gasteiger partial charge is 0.410 e. The van der Waals surface area contributed by atoms with Crippen LogP contribution in [0.2, 0.25) is 10.0 Å². The van der Waals surface area contributed by atoms with Crippen molar-refractivity contribution >= 4 is 46.7 Å². The third kappa shape index (κ3) is 9.43. The van der Waals surface area contributed by atoms with E-state index >= 15 is 0 Å². The van der Waals surface area contributed by atoms with E-state index in [0.717, 1.165) is 11.1 Å². The number of aromatic nitrogens is 2. The lowest BCUT2D eigenvalue weighted by Gasteiger charge is -2.29. The van der Waals surface area contributed by atoms with E-state index in [1.54, 1.807) is 37.6 Å². The highest BCUT2D eigenvalue weighted by molar-refractivity contribution is 6.39. The molecule has 0 aliphatic carbocycles. The largest absolute Gasteiger partial charge is 0.496 e. The van der Waals surface area contributed by atoms with Gasteiger partial charge in [-0.3, -0.25) is 9.78 Å². The van der Waals surface area contributed by atoms with Gasteiger partial charge in [-0.05, 0) is 51.5 Å². The van der Waals surface area contributed by atoms with Gasteiger partial charge in [0, 0.05) is 72.3 Å². The minimum Gasteiger partial charge on any atom is -0.496 e. The molecule has 2 aromatic carbocycles. The molecule has 14 heteroatoms. The molecule has 1 fully saturated rings. The number of anilines is 2. The number of hydrogen-bond acceptors (Lipinski definition) is 10. The van der Waals surface area contributed by atoms with Crippen LogP contribution in [0.5, 0.6) is 11.5 Å². The van der Waals surface area contributed by atoms with Crippen molar-refractivity contribution in [3.8, 4) is 33.9 Å². The van der Waals surface area contributed by atoms with E-state index in [9.17, 15) is 9.59 Å². The van der Waals surface area contributed by atoms with Gasteiger partial charge in [0.1, 0.15) is 11.4 Å². The van der Waals surface area contributed by atoms with Gasteiger partial charge >= 0.3 is 6.09 Å². The Balaban J connectivity index is 1.42. The number of nitrogens with one attached hydrogen (secondary N) is 3. The molecule has 276 valence electrons. The number of carbonyl (C=O) groups excluding carboxylic acids is 2. The van der Waals surface area contributed by atoms with Crippen LogP contribution in [0, 0.1) is 0 Å². The summed E-state index contributed by atoms with van der Waals surface area (Å²) in [5.74, 6) is 1.54. The predicted octanol–water partition coefficient (Wildman–Crippen LogP) is 6.98. The van der Waals surface area contributed by atoms with Gasteiger partial charge in [-0.1, -0.05) is 47.5 Å². The average Bonchev–Trinajstić information content (AvgIpc) is 3.53. The topological polar surface area (TPSA) is 147 Å². The maximum absolute atomic E-state index is 13.3. The van der Waals surface area contributed by atoms with Gasteiger partial charge in [-0.2, -0.15) is 0 Å². The summed E-state index contributed by atoms with van der Waals surface area (Å²) < 4.78 is 17.2. The Kier molecular flexibility index (Phi) is 12.8. The minimum atomic E-state index is -0.693. The minimum absolute atomic E-state index is 0.0247. The molecule has 0 spiro atoms. The zero-order valence-corrected chi connectivity index (χ0v) is 31.4. The van der Waals surface area contributed by atoms with Crippen LogP contribution < -0.4 is 25.4 Å². The first kappa shape index (κ1) is 38.6. The molecule has 1 atom stereocenters. The van der Waals surface area contributed by atoms with Crippen LogP contribution in [-0.2, 0) is 22.6 Å². The lowest BCUT2D eigenvalue weighted by Crippen LogP contribution is -2.43. The molecule has 0 radical (unpaired) electrons. The predicted molar refractivity (Wildman–Crippen MR) is 202 cm³/mol. The number of carbonyl (C=O) groups is 2. The lowest BCUT2D eigenvalue weighted by atomic mass is 10.0. The average molecular weight is 752 g/mol. The van der Waals surface area contributed by atoms with Gasteiger partial charge in [0.05, 0.1) is 48.8 Å². The number of benzene rings is 2. The van der Waals surface area contributed by atoms with Crippen LogP contribution in [0.25, 0.3) is 22.4 Å². The molecular weight excluding hydrogens is 707 g/mol. The number of aliphatic hydroxyl groups is 1. The second kappa shape index (κ2) is 17.3. The monoisotopic (exact) mass is 750 g/mol. The Morgan fingerprint density at radius 3 is 2.48 bits per heavy atom. The highest BCUT2D eigenvalue weighted by Gasteiger charge is 2.29. The SMILES string of the molecule is COc1cc(-c2nccc(-c3cccc(Nc4nccc(CNCCO)c4OC)c3Cl)c2Cl)ccc1CN(C[C@@H]1CCC(=O)N1)C(=O)OC(C)(C)C. The number of amides is 2. The van der Waals surface area contributed by atoms with Gasteiger partial charge in [-0.15, -0.1) is 0 Å². The van der Waals surface area contributed by atoms with Crippen molar-refractivity contribution in [1.82, 2.24) is 25.5 Å². The van der Waals surface area contributed by atoms with E-state index in [4.69, 9.17) is 42.5 Å². The van der Waals surface area contributed by atoms with Gasteiger partial charge in [0.25, 0.3) is 0 Å². The molecular formula is C38H44Cl2N6O6. The second-order valence-corrected chi connectivity index (χ2v) is 14.0. The van der Waals surface area contributed by atoms with Crippen molar-refractivity contribution in [1.29, 1.82) is 0 Å². The van der Waals surface area contributed by atoms with Crippen molar-refractivity contribution in [3.05, 3.63) is 82.1 Å². The summed E-state index contributed by atoms with van der Waals surface area (Å²) >= 11 is 14.1. The second-order valence-electron chi connectivity index (χ2n) is 13.3. The molecule has 1 saturated heterocycles. The number of pyridine rings is 2. The fraction of sp³-hybridized carbons (Fsp3) is 0.368. The molecule has 0 bridgehead atoms. The van der Waals surface area contributed by atoms with Crippen molar-refractivity contribution in [2.75, 3.05) is 39.2 Å². The number of hydrogen-bond donors (Lipinski definition) is 4. The first-order chi connectivity index (χ1) is 24.9. The molecule has 0 unspecified atom stereocenters. The van der Waals surface area contributed by atoms with E-state index in [1.807, 2.05) is 63.2 Å². The van der Waals surface area contributed by atoms with Crippen molar-refractivity contribution in [2.24, 2.45) is 0 Å². The summed E-state index contributed by atoms with van der Waals surface area (Å²) in [6.45, 7) is 6.89. The Morgan fingerprint density at radius 1 is 1.02 bits per heavy atom. The number of rotatable bonds is 14. The summed E-state index contributed by atoms with van der Waals surface area (Å²) in [5, 5.41) is 19.3. The van der Waals surface area contributed by atoms with Crippen molar-refractivity contribution in [2.45, 2.75) is 58.3 Å². The molecule has 0 saturated carbocycles. The number of methoxy groups -OCH3 is 2. The normalized spacial score (nSPS) is 14.2. The van der Waals surface area contributed by atoms with Crippen LogP contribution in [0.3, 0.4) is 0 Å². The zero-order chi connectivity index (χ0) is 37.4. The Bertz CT molecular complexity index is 1900. The van der Waals surface area contributed by atoms with Crippen molar-refractivity contribution < 1.29 is 28.9 Å². The molecule has 2 aromatic heterocycles. The third-order valence-electron chi connectivity index (χ3n) is 8.32. The number of ether oxygens (including phenoxy) is 3. The number of nitrogens with zero attached hydrogens (tertiary/aromatic N) is 3. The maximum Gasteiger partial charge on any atom is 0.410 e. The molecule has 4 aromatic rings.